The van der Waals surface area contributed by atoms with Crippen molar-refractivity contribution in [3.8, 4) is 0 Å². The van der Waals surface area contributed by atoms with Gasteiger partial charge in [-0.3, -0.25) is 13.9 Å². The third-order valence-corrected chi connectivity index (χ3v) is 6.61. The molecule has 33 heavy (non-hydrogen) atoms. The highest BCUT2D eigenvalue weighted by molar-refractivity contribution is 7.92. The van der Waals surface area contributed by atoms with Crippen LogP contribution in [0.25, 0.3) is 0 Å². The number of hydrogen-bond donors (Lipinski definition) is 1. The predicted octanol–water partition coefficient (Wildman–Crippen LogP) is 3.22. The maximum Gasteiger partial charge on any atom is 0.242 e. The first-order valence-electron chi connectivity index (χ1n) is 11.4. The van der Waals surface area contributed by atoms with Crippen molar-refractivity contribution < 1.29 is 18.0 Å². The molecule has 0 aliphatic carbocycles. The van der Waals surface area contributed by atoms with Crippen molar-refractivity contribution in [3.63, 3.8) is 0 Å². The topological polar surface area (TPSA) is 86.8 Å². The number of rotatable bonds is 13. The van der Waals surface area contributed by atoms with E-state index in [9.17, 15) is 18.0 Å². The van der Waals surface area contributed by atoms with E-state index in [0.717, 1.165) is 11.8 Å². The number of anilines is 1. The second kappa shape index (κ2) is 13.0. The Morgan fingerprint density at radius 3 is 2.09 bits per heavy atom. The van der Waals surface area contributed by atoms with Gasteiger partial charge in [0, 0.05) is 26.1 Å². The van der Waals surface area contributed by atoms with E-state index in [1.165, 1.54) is 4.31 Å². The predicted molar refractivity (Wildman–Crippen MR) is 132 cm³/mol. The van der Waals surface area contributed by atoms with Crippen LogP contribution in [-0.2, 0) is 26.0 Å². The van der Waals surface area contributed by atoms with Crippen molar-refractivity contribution >= 4 is 27.5 Å². The fourth-order valence-corrected chi connectivity index (χ4v) is 4.75. The minimum atomic E-state index is -3.48. The van der Waals surface area contributed by atoms with Gasteiger partial charge in [0.15, 0.2) is 0 Å². The minimum absolute atomic E-state index is 0.148. The number of para-hydroxylation sites is 1. The highest BCUT2D eigenvalue weighted by Crippen LogP contribution is 2.18. The van der Waals surface area contributed by atoms with Crippen LogP contribution in [-0.4, -0.2) is 57.1 Å². The van der Waals surface area contributed by atoms with Gasteiger partial charge in [0.05, 0.1) is 11.9 Å². The summed E-state index contributed by atoms with van der Waals surface area (Å²) in [4.78, 5) is 27.5. The lowest BCUT2D eigenvalue weighted by Crippen LogP contribution is -2.50. The van der Waals surface area contributed by atoms with Crippen molar-refractivity contribution in [1.29, 1.82) is 0 Å². The van der Waals surface area contributed by atoms with Crippen LogP contribution in [0.15, 0.2) is 60.7 Å². The second-order valence-corrected chi connectivity index (χ2v) is 9.82. The van der Waals surface area contributed by atoms with E-state index in [4.69, 9.17) is 0 Å². The highest BCUT2D eigenvalue weighted by Gasteiger charge is 2.28. The number of carbonyl (C=O) groups excluding carboxylic acids is 2. The summed E-state index contributed by atoms with van der Waals surface area (Å²) < 4.78 is 25.9. The zero-order valence-electron chi connectivity index (χ0n) is 19.7. The van der Waals surface area contributed by atoms with Crippen LogP contribution in [0.5, 0.6) is 0 Å². The second-order valence-electron chi connectivity index (χ2n) is 7.92. The normalized spacial score (nSPS) is 12.1. The molecule has 0 aliphatic heterocycles. The van der Waals surface area contributed by atoms with E-state index in [1.54, 1.807) is 29.2 Å². The number of amides is 2. The first-order chi connectivity index (χ1) is 15.8. The van der Waals surface area contributed by atoms with Gasteiger partial charge in [0.25, 0.3) is 0 Å². The van der Waals surface area contributed by atoms with Crippen LogP contribution in [0.3, 0.4) is 0 Å². The quantitative estimate of drug-likeness (QED) is 0.484. The Morgan fingerprint density at radius 1 is 0.939 bits per heavy atom. The molecule has 1 N–H and O–H groups in total. The lowest BCUT2D eigenvalue weighted by atomic mass is 10.1. The lowest BCUT2D eigenvalue weighted by molar-refractivity contribution is -0.140. The minimum Gasteiger partial charge on any atom is -0.355 e. The van der Waals surface area contributed by atoms with Crippen LogP contribution in [0.4, 0.5) is 5.69 Å². The van der Waals surface area contributed by atoms with Gasteiger partial charge in [-0.25, -0.2) is 8.42 Å². The smallest absolute Gasteiger partial charge is 0.242 e. The monoisotopic (exact) mass is 473 g/mol. The molecule has 0 bridgehead atoms. The van der Waals surface area contributed by atoms with Crippen molar-refractivity contribution in [3.05, 3.63) is 66.2 Å². The van der Waals surface area contributed by atoms with Gasteiger partial charge in [0.2, 0.25) is 21.8 Å². The summed E-state index contributed by atoms with van der Waals surface area (Å²) in [7, 11) is -3.48. The Hall–Kier alpha value is -2.87. The third-order valence-electron chi connectivity index (χ3n) is 5.42. The van der Waals surface area contributed by atoms with Gasteiger partial charge in [-0.2, -0.15) is 0 Å². The standard InChI is InChI=1S/C25H35N3O4S/c1-4-23(25(30)26-5-2)27(20-18-21-13-8-6-9-14-21)24(29)17-12-19-28(33(3,31)32)22-15-10-7-11-16-22/h6-11,13-16,23H,4-5,12,17-20H2,1-3H3,(H,26,30)/t23-/m0/s1. The Balaban J connectivity index is 2.11. The number of sulfonamides is 1. The number of likely N-dealkylation sites (N-methyl/N-ethyl adjacent to an activating group) is 1. The third kappa shape index (κ3) is 8.20. The average molecular weight is 474 g/mol. The van der Waals surface area contributed by atoms with E-state index >= 15 is 0 Å². The molecule has 0 aromatic heterocycles. The van der Waals surface area contributed by atoms with Crippen LogP contribution >= 0.6 is 0 Å². The summed E-state index contributed by atoms with van der Waals surface area (Å²) in [6, 6.07) is 18.1. The zero-order valence-corrected chi connectivity index (χ0v) is 20.6. The van der Waals surface area contributed by atoms with Crippen LogP contribution in [0.2, 0.25) is 0 Å². The summed E-state index contributed by atoms with van der Waals surface area (Å²) in [5.41, 5.74) is 1.66. The first kappa shape index (κ1) is 26.4. The molecule has 2 aromatic rings. The number of carbonyl (C=O) groups is 2. The molecule has 0 heterocycles. The number of hydrogen-bond acceptors (Lipinski definition) is 4. The highest BCUT2D eigenvalue weighted by atomic mass is 32.2. The van der Waals surface area contributed by atoms with Crippen molar-refractivity contribution in [2.75, 3.05) is 30.2 Å². The van der Waals surface area contributed by atoms with Gasteiger partial charge >= 0.3 is 0 Å². The molecular weight excluding hydrogens is 438 g/mol. The molecule has 0 unspecified atom stereocenters. The largest absolute Gasteiger partial charge is 0.355 e. The van der Waals surface area contributed by atoms with Crippen molar-refractivity contribution in [1.82, 2.24) is 10.2 Å². The molecule has 2 amide bonds. The molecule has 180 valence electrons. The first-order valence-corrected chi connectivity index (χ1v) is 13.3. The molecule has 0 aliphatic rings. The van der Waals surface area contributed by atoms with E-state index in [0.29, 0.717) is 38.0 Å². The average Bonchev–Trinajstić information content (AvgIpc) is 2.79. The Kier molecular flexibility index (Phi) is 10.4. The SMILES string of the molecule is CCNC(=O)[C@H](CC)N(CCc1ccccc1)C(=O)CCCN(c1ccccc1)S(C)(=O)=O. The van der Waals surface area contributed by atoms with E-state index < -0.39 is 16.1 Å². The zero-order chi connectivity index (χ0) is 24.3. The number of nitrogens with one attached hydrogen (secondary N) is 1. The fourth-order valence-electron chi connectivity index (χ4n) is 3.79. The van der Waals surface area contributed by atoms with Crippen LogP contribution in [0.1, 0.15) is 38.7 Å². The fraction of sp³-hybridized carbons (Fsp3) is 0.440. The van der Waals surface area contributed by atoms with Gasteiger partial charge in [0.1, 0.15) is 6.04 Å². The van der Waals surface area contributed by atoms with Crippen LogP contribution in [0, 0.1) is 0 Å². The molecule has 0 fully saturated rings. The van der Waals surface area contributed by atoms with Gasteiger partial charge in [-0.1, -0.05) is 55.5 Å². The van der Waals surface area contributed by atoms with E-state index in [2.05, 4.69) is 5.32 Å². The Morgan fingerprint density at radius 2 is 1.55 bits per heavy atom. The number of nitrogens with zero attached hydrogens (tertiary/aromatic N) is 2. The van der Waals surface area contributed by atoms with E-state index in [1.807, 2.05) is 50.2 Å². The van der Waals surface area contributed by atoms with Crippen molar-refractivity contribution in [2.45, 2.75) is 45.6 Å². The molecule has 0 saturated carbocycles. The molecule has 2 rings (SSSR count). The lowest BCUT2D eigenvalue weighted by Gasteiger charge is -2.31. The van der Waals surface area contributed by atoms with Crippen molar-refractivity contribution in [2.24, 2.45) is 0 Å². The molecule has 1 atom stereocenters. The maximum absolute atomic E-state index is 13.2. The molecule has 0 saturated heterocycles. The van der Waals surface area contributed by atoms with E-state index in [-0.39, 0.29) is 24.8 Å². The summed E-state index contributed by atoms with van der Waals surface area (Å²) in [5, 5.41) is 2.83. The Bertz CT molecular complexity index is 981. The molecule has 2 aromatic carbocycles. The summed E-state index contributed by atoms with van der Waals surface area (Å²) >= 11 is 0. The molecule has 7 nitrogen and oxygen atoms in total. The molecule has 0 spiro atoms. The van der Waals surface area contributed by atoms with Gasteiger partial charge < -0.3 is 10.2 Å². The maximum atomic E-state index is 13.2. The van der Waals surface area contributed by atoms with Crippen LogP contribution < -0.4 is 9.62 Å². The molecular formula is C25H35N3O4S. The van der Waals surface area contributed by atoms with Gasteiger partial charge in [-0.05, 0) is 43.9 Å². The molecule has 0 radical (unpaired) electrons. The summed E-state index contributed by atoms with van der Waals surface area (Å²) in [6.45, 7) is 4.86. The number of benzene rings is 2. The summed E-state index contributed by atoms with van der Waals surface area (Å²) in [6.07, 6.45) is 2.82. The summed E-state index contributed by atoms with van der Waals surface area (Å²) in [5.74, 6) is -0.311. The Labute approximate surface area is 197 Å². The molecule has 8 heteroatoms. The van der Waals surface area contributed by atoms with Gasteiger partial charge in [-0.15, -0.1) is 0 Å².